The van der Waals surface area contributed by atoms with Gasteiger partial charge in [-0.1, -0.05) is 30.3 Å². The van der Waals surface area contributed by atoms with Gasteiger partial charge in [-0.05, 0) is 29.8 Å². The lowest BCUT2D eigenvalue weighted by molar-refractivity contribution is 0.0901. The van der Waals surface area contributed by atoms with Crippen LogP contribution in [-0.4, -0.2) is 25.7 Å². The minimum atomic E-state index is -0.175. The number of anilines is 1. The summed E-state index contributed by atoms with van der Waals surface area (Å²) < 4.78 is 6.63. The summed E-state index contributed by atoms with van der Waals surface area (Å²) >= 11 is 0. The van der Waals surface area contributed by atoms with E-state index in [1.807, 2.05) is 48.5 Å². The van der Waals surface area contributed by atoms with Crippen molar-refractivity contribution in [3.8, 4) is 11.4 Å². The molecule has 7 heteroatoms. The van der Waals surface area contributed by atoms with Crippen LogP contribution in [0.25, 0.3) is 11.4 Å². The van der Waals surface area contributed by atoms with Gasteiger partial charge in [-0.15, -0.1) is 5.10 Å². The molecule has 4 aromatic rings. The fraction of sp³-hybridized carbons (Fsp3) is 0.100. The number of carbonyl (C=O) groups excluding carboxylic acids is 1. The van der Waals surface area contributed by atoms with Crippen LogP contribution in [0.2, 0.25) is 0 Å². The number of aromatic nitrogens is 4. The molecule has 7 nitrogen and oxygen atoms in total. The zero-order valence-electron chi connectivity index (χ0n) is 14.4. The monoisotopic (exact) mass is 359 g/mol. The lowest BCUT2D eigenvalue weighted by atomic mass is 10.1. The summed E-state index contributed by atoms with van der Waals surface area (Å²) in [5.41, 5.74) is 1.66. The molecule has 0 amide bonds. The van der Waals surface area contributed by atoms with Crippen molar-refractivity contribution < 1.29 is 9.21 Å². The topological polar surface area (TPSA) is 85.8 Å². The molecular formula is C20H17N5O2. The van der Waals surface area contributed by atoms with Gasteiger partial charge in [0.05, 0.1) is 19.2 Å². The first-order valence-electron chi connectivity index (χ1n) is 8.50. The summed E-state index contributed by atoms with van der Waals surface area (Å²) in [6.07, 6.45) is 5.17. The zero-order valence-corrected chi connectivity index (χ0v) is 14.4. The van der Waals surface area contributed by atoms with Gasteiger partial charge in [0.2, 0.25) is 5.95 Å². The summed E-state index contributed by atoms with van der Waals surface area (Å²) in [4.78, 5) is 21.4. The van der Waals surface area contributed by atoms with E-state index in [9.17, 15) is 4.79 Å². The average Bonchev–Trinajstić information content (AvgIpc) is 3.38. The molecule has 4 rings (SSSR count). The lowest BCUT2D eigenvalue weighted by Gasteiger charge is -2.06. The molecule has 27 heavy (non-hydrogen) atoms. The molecule has 0 unspecified atom stereocenters. The Morgan fingerprint density at radius 2 is 1.96 bits per heavy atom. The highest BCUT2D eigenvalue weighted by Gasteiger charge is 2.18. The van der Waals surface area contributed by atoms with Gasteiger partial charge in [-0.25, -0.2) is 0 Å². The maximum absolute atomic E-state index is 12.8. The van der Waals surface area contributed by atoms with E-state index < -0.39 is 0 Å². The number of benzene rings is 1. The van der Waals surface area contributed by atoms with Crippen molar-refractivity contribution in [3.63, 3.8) is 0 Å². The van der Waals surface area contributed by atoms with Crippen molar-refractivity contribution in [1.29, 1.82) is 0 Å². The first-order chi connectivity index (χ1) is 13.3. The van der Waals surface area contributed by atoms with Crippen LogP contribution in [0, 0.1) is 0 Å². The highest BCUT2D eigenvalue weighted by molar-refractivity contribution is 5.83. The molecule has 0 spiro atoms. The maximum atomic E-state index is 12.8. The summed E-state index contributed by atoms with van der Waals surface area (Å²) in [6, 6.07) is 16.9. The Hall–Kier alpha value is -3.74. The Morgan fingerprint density at radius 3 is 2.70 bits per heavy atom. The minimum absolute atomic E-state index is 0.175. The summed E-state index contributed by atoms with van der Waals surface area (Å²) in [6.45, 7) is 0.400. The van der Waals surface area contributed by atoms with E-state index in [-0.39, 0.29) is 12.3 Å². The standard InChI is InChI=1S/C20H17N5O2/c26-18(12-15-6-2-1-3-7-15)25-20(22-14-17-9-5-11-27-17)23-19(24-25)16-8-4-10-21-13-16/h1-11,13H,12,14H2,(H,22,23,24). The molecule has 0 atom stereocenters. The minimum Gasteiger partial charge on any atom is -0.467 e. The molecule has 0 bridgehead atoms. The fourth-order valence-electron chi connectivity index (χ4n) is 2.64. The molecule has 0 aliphatic carbocycles. The van der Waals surface area contributed by atoms with Crippen LogP contribution in [0.15, 0.2) is 77.7 Å². The number of furan rings is 1. The van der Waals surface area contributed by atoms with Crippen LogP contribution in [0.1, 0.15) is 16.1 Å². The Kier molecular flexibility index (Phi) is 4.74. The number of nitrogens with zero attached hydrogens (tertiary/aromatic N) is 4. The average molecular weight is 359 g/mol. The quantitative estimate of drug-likeness (QED) is 0.568. The number of nitrogens with one attached hydrogen (secondary N) is 1. The van der Waals surface area contributed by atoms with Crippen LogP contribution >= 0.6 is 0 Å². The third kappa shape index (κ3) is 3.92. The molecule has 1 N–H and O–H groups in total. The van der Waals surface area contributed by atoms with E-state index in [0.29, 0.717) is 18.3 Å². The molecule has 3 heterocycles. The van der Waals surface area contributed by atoms with Crippen molar-refractivity contribution >= 4 is 11.9 Å². The van der Waals surface area contributed by atoms with Crippen LogP contribution < -0.4 is 5.32 Å². The molecule has 0 aliphatic rings. The Labute approximate surface area is 155 Å². The number of hydrogen-bond donors (Lipinski definition) is 1. The molecule has 0 aliphatic heterocycles. The number of rotatable bonds is 6. The zero-order chi connectivity index (χ0) is 18.5. The summed E-state index contributed by atoms with van der Waals surface area (Å²) in [5.74, 6) is 1.37. The Balaban J connectivity index is 1.62. The van der Waals surface area contributed by atoms with Gasteiger partial charge in [0.1, 0.15) is 5.76 Å². The fourth-order valence-corrected chi connectivity index (χ4v) is 2.64. The molecule has 134 valence electrons. The Bertz CT molecular complexity index is 1010. The van der Waals surface area contributed by atoms with Gasteiger partial charge < -0.3 is 9.73 Å². The highest BCUT2D eigenvalue weighted by atomic mass is 16.3. The summed E-state index contributed by atoms with van der Waals surface area (Å²) in [5, 5.41) is 7.53. The predicted octanol–water partition coefficient (Wildman–Crippen LogP) is 3.43. The molecule has 0 fully saturated rings. The van der Waals surface area contributed by atoms with Crippen LogP contribution in [0.4, 0.5) is 5.95 Å². The smallest absolute Gasteiger partial charge is 0.254 e. The van der Waals surface area contributed by atoms with E-state index >= 15 is 0 Å². The van der Waals surface area contributed by atoms with E-state index in [1.54, 1.807) is 24.7 Å². The predicted molar refractivity (Wildman–Crippen MR) is 100 cm³/mol. The second-order valence-electron chi connectivity index (χ2n) is 5.90. The van der Waals surface area contributed by atoms with Crippen molar-refractivity contribution in [2.24, 2.45) is 0 Å². The summed E-state index contributed by atoms with van der Waals surface area (Å²) in [7, 11) is 0. The van der Waals surface area contributed by atoms with Gasteiger partial charge in [0.15, 0.2) is 5.82 Å². The van der Waals surface area contributed by atoms with E-state index in [1.165, 1.54) is 4.68 Å². The second kappa shape index (κ2) is 7.65. The molecule has 3 aromatic heterocycles. The van der Waals surface area contributed by atoms with Gasteiger partial charge >= 0.3 is 0 Å². The normalized spacial score (nSPS) is 10.7. The van der Waals surface area contributed by atoms with Crippen LogP contribution in [0.3, 0.4) is 0 Å². The Morgan fingerprint density at radius 1 is 1.07 bits per heavy atom. The largest absolute Gasteiger partial charge is 0.467 e. The van der Waals surface area contributed by atoms with E-state index in [2.05, 4.69) is 20.4 Å². The van der Waals surface area contributed by atoms with Gasteiger partial charge in [0.25, 0.3) is 5.91 Å². The number of hydrogen-bond acceptors (Lipinski definition) is 6. The first-order valence-corrected chi connectivity index (χ1v) is 8.50. The first kappa shape index (κ1) is 16.7. The van der Waals surface area contributed by atoms with Crippen molar-refractivity contribution in [1.82, 2.24) is 19.7 Å². The third-order valence-electron chi connectivity index (χ3n) is 3.96. The third-order valence-corrected chi connectivity index (χ3v) is 3.96. The van der Waals surface area contributed by atoms with E-state index in [0.717, 1.165) is 16.9 Å². The second-order valence-corrected chi connectivity index (χ2v) is 5.90. The number of carbonyl (C=O) groups is 1. The van der Waals surface area contributed by atoms with Crippen molar-refractivity contribution in [3.05, 3.63) is 84.6 Å². The van der Waals surface area contributed by atoms with Gasteiger partial charge in [-0.3, -0.25) is 9.78 Å². The van der Waals surface area contributed by atoms with Crippen molar-refractivity contribution in [2.75, 3.05) is 5.32 Å². The van der Waals surface area contributed by atoms with Gasteiger partial charge in [0, 0.05) is 18.0 Å². The van der Waals surface area contributed by atoms with Gasteiger partial charge in [-0.2, -0.15) is 9.67 Å². The molecule has 0 saturated carbocycles. The molecule has 0 radical (unpaired) electrons. The lowest BCUT2D eigenvalue weighted by Crippen LogP contribution is -2.18. The van der Waals surface area contributed by atoms with Crippen LogP contribution in [0.5, 0.6) is 0 Å². The molecule has 0 saturated heterocycles. The van der Waals surface area contributed by atoms with E-state index in [4.69, 9.17) is 4.42 Å². The maximum Gasteiger partial charge on any atom is 0.254 e. The molecular weight excluding hydrogens is 342 g/mol. The van der Waals surface area contributed by atoms with Crippen molar-refractivity contribution in [2.45, 2.75) is 13.0 Å². The number of pyridine rings is 1. The van der Waals surface area contributed by atoms with Crippen LogP contribution in [-0.2, 0) is 13.0 Å². The molecule has 1 aromatic carbocycles. The SMILES string of the molecule is O=C(Cc1ccccc1)n1nc(-c2cccnc2)nc1NCc1ccco1. The highest BCUT2D eigenvalue weighted by Crippen LogP contribution is 2.18.